The van der Waals surface area contributed by atoms with Crippen molar-refractivity contribution in [2.24, 2.45) is 0 Å². The average molecular weight is 470 g/mol. The van der Waals surface area contributed by atoms with E-state index in [4.69, 9.17) is 16.3 Å². The third-order valence-corrected chi connectivity index (χ3v) is 6.64. The number of hydrogen-bond donors (Lipinski definition) is 2. The largest absolute Gasteiger partial charge is 0.495 e. The predicted molar refractivity (Wildman–Crippen MR) is 127 cm³/mol. The van der Waals surface area contributed by atoms with Crippen LogP contribution in [0.4, 0.5) is 5.69 Å². The Bertz CT molecular complexity index is 1060. The van der Waals surface area contributed by atoms with Gasteiger partial charge in [0.05, 0.1) is 25.3 Å². The van der Waals surface area contributed by atoms with Crippen LogP contribution in [-0.4, -0.2) is 47.9 Å². The molecule has 33 heavy (non-hydrogen) atoms. The Labute approximate surface area is 198 Å². The number of nitrogens with one attached hydrogen (secondary N) is 2. The van der Waals surface area contributed by atoms with E-state index < -0.39 is 11.9 Å². The van der Waals surface area contributed by atoms with Gasteiger partial charge in [0.15, 0.2) is 0 Å². The van der Waals surface area contributed by atoms with Crippen molar-refractivity contribution in [1.29, 1.82) is 0 Å². The zero-order chi connectivity index (χ0) is 23.5. The molecule has 2 aliphatic rings. The molecule has 1 aliphatic carbocycles. The fraction of sp³-hybridized carbons (Fsp3) is 0.400. The van der Waals surface area contributed by atoms with E-state index in [1.54, 1.807) is 35.2 Å². The van der Waals surface area contributed by atoms with E-state index in [2.05, 4.69) is 10.6 Å². The van der Waals surface area contributed by atoms with E-state index in [0.29, 0.717) is 22.0 Å². The summed E-state index contributed by atoms with van der Waals surface area (Å²) < 4.78 is 5.29. The van der Waals surface area contributed by atoms with Gasteiger partial charge in [-0.3, -0.25) is 14.4 Å². The van der Waals surface area contributed by atoms with E-state index in [9.17, 15) is 14.4 Å². The molecule has 3 amide bonds. The Balaban J connectivity index is 1.60. The summed E-state index contributed by atoms with van der Waals surface area (Å²) in [5, 5.41) is 6.29. The molecule has 0 spiro atoms. The molecule has 0 radical (unpaired) electrons. The molecule has 1 aliphatic heterocycles. The first kappa shape index (κ1) is 23.1. The molecule has 8 heteroatoms. The molecule has 3 atom stereocenters. The number of benzene rings is 2. The minimum Gasteiger partial charge on any atom is -0.495 e. The van der Waals surface area contributed by atoms with Gasteiger partial charge in [-0.25, -0.2) is 0 Å². The van der Waals surface area contributed by atoms with Crippen LogP contribution in [0.5, 0.6) is 5.75 Å². The summed E-state index contributed by atoms with van der Waals surface area (Å²) in [5.74, 6) is -0.459. The first-order chi connectivity index (χ1) is 15.9. The van der Waals surface area contributed by atoms with Gasteiger partial charge in [-0.2, -0.15) is 0 Å². The van der Waals surface area contributed by atoms with E-state index in [1.165, 1.54) is 7.11 Å². The summed E-state index contributed by atoms with van der Waals surface area (Å²) in [6.07, 6.45) is 3.44. The lowest BCUT2D eigenvalue weighted by Gasteiger charge is -2.48. The number of anilines is 1. The summed E-state index contributed by atoms with van der Waals surface area (Å²) in [6.45, 7) is 1.96. The van der Waals surface area contributed by atoms with Crippen molar-refractivity contribution >= 4 is 35.0 Å². The van der Waals surface area contributed by atoms with Gasteiger partial charge in [-0.05, 0) is 50.1 Å². The molecule has 1 heterocycles. The van der Waals surface area contributed by atoms with Gasteiger partial charge in [-0.1, -0.05) is 42.1 Å². The number of fused-ring (bicyclic) bond motifs is 1. The van der Waals surface area contributed by atoms with Crippen LogP contribution >= 0.6 is 11.6 Å². The molecule has 2 aromatic rings. The highest BCUT2D eigenvalue weighted by Gasteiger charge is 2.46. The van der Waals surface area contributed by atoms with E-state index in [0.717, 1.165) is 31.2 Å². The number of methoxy groups -OCH3 is 1. The number of carbonyl (C=O) groups excluding carboxylic acids is 3. The fourth-order valence-electron chi connectivity index (χ4n) is 4.73. The number of halogens is 1. The van der Waals surface area contributed by atoms with Crippen molar-refractivity contribution in [3.8, 4) is 5.75 Å². The second-order valence-corrected chi connectivity index (χ2v) is 9.09. The number of rotatable bonds is 5. The Morgan fingerprint density at radius 1 is 1.15 bits per heavy atom. The van der Waals surface area contributed by atoms with Crippen LogP contribution in [0.25, 0.3) is 0 Å². The maximum absolute atomic E-state index is 13.6. The number of hydrogen-bond acceptors (Lipinski definition) is 4. The fourth-order valence-corrected chi connectivity index (χ4v) is 4.90. The summed E-state index contributed by atoms with van der Waals surface area (Å²) in [4.78, 5) is 41.3. The minimum atomic E-state index is -0.900. The Morgan fingerprint density at radius 3 is 2.61 bits per heavy atom. The van der Waals surface area contributed by atoms with E-state index in [-0.39, 0.29) is 30.3 Å². The molecule has 4 rings (SSSR count). The zero-order valence-corrected chi connectivity index (χ0v) is 19.5. The molecular weight excluding hydrogens is 442 g/mol. The van der Waals surface area contributed by atoms with Crippen molar-refractivity contribution < 1.29 is 19.1 Å². The second-order valence-electron chi connectivity index (χ2n) is 8.66. The standard InChI is InChI=1S/C25H28ClN3O4/c1-15-7-9-16(10-8-15)25(32)29-20-6-4-3-5-18(20)28-24(31)21(29)14-23(30)27-19-13-17(26)11-12-22(19)33-2/h7-13,18,20-21H,3-6,14H2,1-2H3,(H,27,30)(H,28,31)/t18-,20+,21+/m0/s1. The number of amides is 3. The highest BCUT2D eigenvalue weighted by molar-refractivity contribution is 6.31. The molecule has 0 aromatic heterocycles. The SMILES string of the molecule is COc1ccc(Cl)cc1NC(=O)C[C@@H]1C(=O)N[C@H]2CCCC[C@H]2N1C(=O)c1ccc(C)cc1. The van der Waals surface area contributed by atoms with Gasteiger partial charge >= 0.3 is 0 Å². The lowest BCUT2D eigenvalue weighted by atomic mass is 9.84. The monoisotopic (exact) mass is 469 g/mol. The summed E-state index contributed by atoms with van der Waals surface area (Å²) in [7, 11) is 1.50. The zero-order valence-electron chi connectivity index (χ0n) is 18.8. The minimum absolute atomic E-state index is 0.0898. The molecule has 2 aromatic carbocycles. The molecule has 2 fully saturated rings. The normalized spacial score (nSPS) is 22.2. The topological polar surface area (TPSA) is 87.7 Å². The maximum Gasteiger partial charge on any atom is 0.254 e. The van der Waals surface area contributed by atoms with Crippen LogP contribution in [0, 0.1) is 6.92 Å². The van der Waals surface area contributed by atoms with Crippen LogP contribution < -0.4 is 15.4 Å². The Morgan fingerprint density at radius 2 is 1.88 bits per heavy atom. The maximum atomic E-state index is 13.6. The highest BCUT2D eigenvalue weighted by Crippen LogP contribution is 2.32. The quantitative estimate of drug-likeness (QED) is 0.694. The summed E-state index contributed by atoms with van der Waals surface area (Å²) in [6, 6.07) is 11.1. The lowest BCUT2D eigenvalue weighted by Crippen LogP contribution is -2.68. The van der Waals surface area contributed by atoms with Crippen LogP contribution in [0.3, 0.4) is 0 Å². The van der Waals surface area contributed by atoms with Gasteiger partial charge in [0, 0.05) is 16.6 Å². The third kappa shape index (κ3) is 4.98. The van der Waals surface area contributed by atoms with Crippen molar-refractivity contribution in [3.05, 3.63) is 58.6 Å². The molecule has 174 valence electrons. The molecule has 7 nitrogen and oxygen atoms in total. The molecule has 2 N–H and O–H groups in total. The van der Waals surface area contributed by atoms with E-state index >= 15 is 0 Å². The molecule has 0 bridgehead atoms. The van der Waals surface area contributed by atoms with Crippen molar-refractivity contribution in [1.82, 2.24) is 10.2 Å². The van der Waals surface area contributed by atoms with Crippen molar-refractivity contribution in [2.75, 3.05) is 12.4 Å². The van der Waals surface area contributed by atoms with Gasteiger partial charge in [-0.15, -0.1) is 0 Å². The van der Waals surface area contributed by atoms with E-state index in [1.807, 2.05) is 19.1 Å². The van der Waals surface area contributed by atoms with Crippen LogP contribution in [0.2, 0.25) is 5.02 Å². The first-order valence-electron chi connectivity index (χ1n) is 11.2. The molecular formula is C25H28ClN3O4. The molecule has 1 saturated carbocycles. The number of nitrogens with zero attached hydrogens (tertiary/aromatic N) is 1. The molecule has 1 saturated heterocycles. The molecule has 0 unspecified atom stereocenters. The first-order valence-corrected chi connectivity index (χ1v) is 11.6. The predicted octanol–water partition coefficient (Wildman–Crippen LogP) is 3.94. The Kier molecular flexibility index (Phi) is 6.88. The van der Waals surface area contributed by atoms with Crippen LogP contribution in [0.1, 0.15) is 48.0 Å². The van der Waals surface area contributed by atoms with Crippen molar-refractivity contribution in [2.45, 2.75) is 57.2 Å². The van der Waals surface area contributed by atoms with Gasteiger partial charge in [0.25, 0.3) is 5.91 Å². The van der Waals surface area contributed by atoms with Gasteiger partial charge in [0.2, 0.25) is 11.8 Å². The third-order valence-electron chi connectivity index (χ3n) is 6.40. The number of ether oxygens (including phenoxy) is 1. The lowest BCUT2D eigenvalue weighted by molar-refractivity contribution is -0.135. The van der Waals surface area contributed by atoms with Crippen molar-refractivity contribution in [3.63, 3.8) is 0 Å². The number of carbonyl (C=O) groups is 3. The smallest absolute Gasteiger partial charge is 0.254 e. The average Bonchev–Trinajstić information content (AvgIpc) is 2.80. The summed E-state index contributed by atoms with van der Waals surface area (Å²) in [5.41, 5.74) is 1.98. The number of piperazine rings is 1. The second kappa shape index (κ2) is 9.83. The number of aryl methyl sites for hydroxylation is 1. The summed E-state index contributed by atoms with van der Waals surface area (Å²) >= 11 is 6.07. The van der Waals surface area contributed by atoms with Crippen LogP contribution in [-0.2, 0) is 9.59 Å². The van der Waals surface area contributed by atoms with Crippen LogP contribution in [0.15, 0.2) is 42.5 Å². The Hall–Kier alpha value is -3.06. The highest BCUT2D eigenvalue weighted by atomic mass is 35.5. The van der Waals surface area contributed by atoms with Gasteiger partial charge < -0.3 is 20.3 Å². The van der Waals surface area contributed by atoms with Gasteiger partial charge in [0.1, 0.15) is 11.8 Å².